The Morgan fingerprint density at radius 2 is 1.82 bits per heavy atom. The van der Waals surface area contributed by atoms with Crippen molar-refractivity contribution in [1.82, 2.24) is 4.90 Å². The molecule has 6 nitrogen and oxygen atoms in total. The summed E-state index contributed by atoms with van der Waals surface area (Å²) in [6.07, 6.45) is 0.608. The minimum Gasteiger partial charge on any atom is -0.480 e. The predicted octanol–water partition coefficient (Wildman–Crippen LogP) is 2.24. The second-order valence-corrected chi connectivity index (χ2v) is 5.98. The minimum atomic E-state index is -1.01. The number of rotatable bonds is 3. The number of amidine groups is 1. The fourth-order valence-electron chi connectivity index (χ4n) is 2.81. The molecular weight excluding hydrogens is 361 g/mol. The molecule has 28 heavy (non-hydrogen) atoms. The molecule has 0 radical (unpaired) electrons. The van der Waals surface area contributed by atoms with Gasteiger partial charge in [-0.2, -0.15) is 0 Å². The summed E-state index contributed by atoms with van der Waals surface area (Å²) in [5.41, 5.74) is 9.09. The first-order valence-electron chi connectivity index (χ1n) is 8.42. The highest BCUT2D eigenvalue weighted by Crippen LogP contribution is 2.20. The average molecular weight is 385 g/mol. The van der Waals surface area contributed by atoms with Crippen LogP contribution in [0.25, 0.3) is 0 Å². The molecule has 3 rings (SSSR count). The third-order valence-corrected chi connectivity index (χ3v) is 4.15. The van der Waals surface area contributed by atoms with E-state index in [0.717, 1.165) is 16.7 Å². The van der Waals surface area contributed by atoms with Crippen molar-refractivity contribution in [2.75, 3.05) is 13.1 Å². The monoisotopic (exact) mass is 385 g/mol. The number of carbonyl (C=O) groups is 2. The highest BCUT2D eigenvalue weighted by atomic mass is 19.0. The molecule has 0 spiro atoms. The lowest BCUT2D eigenvalue weighted by Gasteiger charge is -2.27. The first kappa shape index (κ1) is 20.6. The van der Waals surface area contributed by atoms with Gasteiger partial charge in [0.2, 0.25) is 0 Å². The van der Waals surface area contributed by atoms with Crippen molar-refractivity contribution in [1.29, 1.82) is 6.86 Å². The van der Waals surface area contributed by atoms with Gasteiger partial charge in [-0.05, 0) is 42.3 Å². The Bertz CT molecular complexity index is 965. The molecule has 0 unspecified atom stereocenters. The topological polar surface area (TPSA) is 107 Å². The van der Waals surface area contributed by atoms with Crippen molar-refractivity contribution >= 4 is 17.7 Å². The maximum Gasteiger partial charge on any atom is 0.323 e. The normalized spacial score (nSPS) is 12.1. The maximum absolute atomic E-state index is 12.3. The van der Waals surface area contributed by atoms with E-state index in [0.29, 0.717) is 24.1 Å². The number of nitrogens with zero attached hydrogens (tertiary/aromatic N) is 1. The van der Waals surface area contributed by atoms with Gasteiger partial charge in [0.25, 0.3) is 7.36 Å². The van der Waals surface area contributed by atoms with Gasteiger partial charge in [0.1, 0.15) is 12.4 Å². The standard InChI is InChI=1S/C20H17N3O3.CH4.FH/c21-19(22)15-6-3-13(4-7-15)1-2-14-5-8-17-16(11-14)9-10-23(20(17)26)12-18(24)25;;/h3-8,11H,9-10,12H2,(H3,21,22)(H,24,25);1H4;1H/i/hT. The molecule has 0 aromatic heterocycles. The number of fused-ring (bicyclic) bond motifs is 1. The molecule has 0 atom stereocenters. The fraction of sp³-hybridized carbons (Fsp3) is 0.190. The third kappa shape index (κ3) is 4.95. The largest absolute Gasteiger partial charge is 0.480 e. The molecule has 4 N–H and O–H groups in total. The Labute approximate surface area is 164 Å². The average Bonchev–Trinajstić information content (AvgIpc) is 2.70. The van der Waals surface area contributed by atoms with Crippen LogP contribution in [0.15, 0.2) is 42.5 Å². The lowest BCUT2D eigenvalue weighted by molar-refractivity contribution is -0.137. The summed E-state index contributed by atoms with van der Waals surface area (Å²) in [6, 6.07) is 12.4. The Kier molecular flexibility index (Phi) is 6.88. The maximum atomic E-state index is 12.3. The first-order chi connectivity index (χ1) is 13.4. The van der Waals surface area contributed by atoms with Crippen molar-refractivity contribution in [2.24, 2.45) is 5.73 Å². The molecule has 0 bridgehead atoms. The van der Waals surface area contributed by atoms with Gasteiger partial charge < -0.3 is 15.7 Å². The van der Waals surface area contributed by atoms with E-state index in [-0.39, 0.29) is 25.7 Å². The molecule has 1 amide bonds. The van der Waals surface area contributed by atoms with Crippen LogP contribution in [0.3, 0.4) is 0 Å². The van der Waals surface area contributed by atoms with Crippen LogP contribution in [-0.4, -0.2) is 42.3 Å². The number of hydrogen-bond acceptors (Lipinski definition) is 3. The molecular formula is C21H22FN3O3. The van der Waals surface area contributed by atoms with E-state index in [9.17, 15) is 9.59 Å². The van der Waals surface area contributed by atoms with Gasteiger partial charge in [-0.1, -0.05) is 31.4 Å². The van der Waals surface area contributed by atoms with Crippen LogP contribution in [0.5, 0.6) is 0 Å². The molecule has 0 saturated heterocycles. The van der Waals surface area contributed by atoms with Crippen LogP contribution in [-0.2, 0) is 11.2 Å². The Balaban J connectivity index is 0.00000136. The zero-order valence-electron chi connectivity index (χ0n) is 15.3. The summed E-state index contributed by atoms with van der Waals surface area (Å²) in [5, 5.41) is 16.2. The summed E-state index contributed by atoms with van der Waals surface area (Å²) < 4.78 is 13.0. The van der Waals surface area contributed by atoms with Crippen LogP contribution < -0.4 is 5.73 Å². The SMILES string of the molecule is C.N=C(N)c1ccc(C#Cc2ccc3c(c2)CCN(CC(=O)O)C3=O)cc1.[3H]F. The summed E-state index contributed by atoms with van der Waals surface area (Å²) in [7, 11) is 0. The van der Waals surface area contributed by atoms with Crippen LogP contribution in [0.2, 0.25) is 0 Å². The van der Waals surface area contributed by atoms with Crippen LogP contribution in [0.4, 0.5) is 4.72 Å². The number of amides is 1. The van der Waals surface area contributed by atoms with Crippen molar-refractivity contribution in [3.8, 4) is 11.8 Å². The summed E-state index contributed by atoms with van der Waals surface area (Å²) >= 11 is 0. The highest BCUT2D eigenvalue weighted by Gasteiger charge is 2.25. The molecule has 0 fully saturated rings. The Morgan fingerprint density at radius 3 is 2.43 bits per heavy atom. The van der Waals surface area contributed by atoms with Crippen LogP contribution >= 0.6 is 0 Å². The number of aliphatic carboxylic acids is 1. The van der Waals surface area contributed by atoms with Gasteiger partial charge in [0, 0.05) is 28.8 Å². The van der Waals surface area contributed by atoms with Gasteiger partial charge in [-0.15, -0.1) is 0 Å². The molecule has 0 saturated carbocycles. The second kappa shape index (κ2) is 9.33. The fourth-order valence-corrected chi connectivity index (χ4v) is 2.81. The number of nitrogens with two attached hydrogens (primary N) is 1. The van der Waals surface area contributed by atoms with Gasteiger partial charge in [-0.3, -0.25) is 19.7 Å². The second-order valence-electron chi connectivity index (χ2n) is 5.98. The van der Waals surface area contributed by atoms with Gasteiger partial charge in [0.15, 0.2) is 0 Å². The lowest BCUT2D eigenvalue weighted by atomic mass is 9.96. The van der Waals surface area contributed by atoms with Crippen LogP contribution in [0, 0.1) is 17.3 Å². The van der Waals surface area contributed by atoms with E-state index in [4.69, 9.17) is 21.0 Å². The van der Waals surface area contributed by atoms with Crippen molar-refractivity contribution < 1.29 is 19.4 Å². The predicted molar refractivity (Wildman–Crippen MR) is 106 cm³/mol. The third-order valence-electron chi connectivity index (χ3n) is 4.15. The molecule has 1 heterocycles. The van der Waals surface area contributed by atoms with E-state index in [1.165, 1.54) is 4.90 Å². The van der Waals surface area contributed by atoms with Crippen LogP contribution in [0.1, 0.15) is 40.0 Å². The molecule has 146 valence electrons. The van der Waals surface area contributed by atoms with E-state index in [1.54, 1.807) is 36.4 Å². The van der Waals surface area contributed by atoms with E-state index >= 15 is 0 Å². The zero-order chi connectivity index (χ0) is 20.7. The van der Waals surface area contributed by atoms with E-state index < -0.39 is 5.97 Å². The Morgan fingerprint density at radius 1 is 1.21 bits per heavy atom. The number of benzene rings is 2. The first-order valence-corrected chi connectivity index (χ1v) is 8.04. The highest BCUT2D eigenvalue weighted by molar-refractivity contribution is 5.98. The molecule has 7 heteroatoms. The molecule has 2 aromatic rings. The summed E-state index contributed by atoms with van der Waals surface area (Å²) in [5.74, 6) is 4.85. The molecule has 1 aliphatic heterocycles. The van der Waals surface area contributed by atoms with E-state index in [2.05, 4.69) is 13.3 Å². The summed E-state index contributed by atoms with van der Waals surface area (Å²) in [6.45, 7) is 0.109. The van der Waals surface area contributed by atoms with Crippen molar-refractivity contribution in [3.63, 3.8) is 0 Å². The van der Waals surface area contributed by atoms with Gasteiger partial charge in [0.05, 0.1) is 0 Å². The molecule has 2 aromatic carbocycles. The minimum absolute atomic E-state index is 0. The number of hydrogen-bond donors (Lipinski definition) is 3. The van der Waals surface area contributed by atoms with Crippen molar-refractivity contribution in [2.45, 2.75) is 13.8 Å². The Hall–Kier alpha value is -3.66. The van der Waals surface area contributed by atoms with Gasteiger partial charge in [-0.25, -0.2) is 0 Å². The lowest BCUT2D eigenvalue weighted by Crippen LogP contribution is -2.40. The number of nitrogens with one attached hydrogen (secondary N) is 1. The number of carbonyl (C=O) groups excluding carboxylic acids is 1. The zero-order valence-corrected chi connectivity index (χ0v) is 14.3. The van der Waals surface area contributed by atoms with Crippen molar-refractivity contribution in [3.05, 3.63) is 70.3 Å². The molecule has 0 aliphatic carbocycles. The van der Waals surface area contributed by atoms with Gasteiger partial charge >= 0.3 is 5.97 Å². The number of halogens is 1. The van der Waals surface area contributed by atoms with E-state index in [1.807, 2.05) is 6.07 Å². The smallest absolute Gasteiger partial charge is 0.323 e. The number of nitrogen functional groups attached to an aromatic ring is 1. The number of carboxylic acid groups (broad SMARTS) is 1. The number of carboxylic acids is 1. The summed E-state index contributed by atoms with van der Waals surface area (Å²) in [4.78, 5) is 24.5. The molecule has 1 aliphatic rings. The quantitative estimate of drug-likeness (QED) is 0.428.